The van der Waals surface area contributed by atoms with E-state index in [9.17, 15) is 14.7 Å². The van der Waals surface area contributed by atoms with E-state index in [4.69, 9.17) is 34.8 Å². The van der Waals surface area contributed by atoms with Crippen LogP contribution < -0.4 is 4.90 Å². The van der Waals surface area contributed by atoms with Gasteiger partial charge in [-0.25, -0.2) is 0 Å². The van der Waals surface area contributed by atoms with Gasteiger partial charge in [0.25, 0.3) is 5.91 Å². The van der Waals surface area contributed by atoms with Crippen LogP contribution in [0.15, 0.2) is 54.6 Å². The number of Topliss-reactive ketones (excluding diaryl/α,β-unsaturated/α-hetero) is 1. The lowest BCUT2D eigenvalue weighted by Gasteiger charge is -2.23. The molecule has 0 aliphatic carbocycles. The summed E-state index contributed by atoms with van der Waals surface area (Å²) < 4.78 is 0.460. The fraction of sp³-hybridized carbons (Fsp3) is 0.143. The van der Waals surface area contributed by atoms with Crippen LogP contribution in [-0.2, 0) is 16.9 Å². The molecule has 148 valence electrons. The monoisotopic (exact) mass is 465 g/mol. The number of halogens is 3. The lowest BCUT2D eigenvalue weighted by Crippen LogP contribution is -2.41. The van der Waals surface area contributed by atoms with E-state index < -0.39 is 17.9 Å². The van der Waals surface area contributed by atoms with Gasteiger partial charge in [0.2, 0.25) is 0 Å². The lowest BCUT2D eigenvalue weighted by atomic mass is 9.89. The average molecular weight is 467 g/mol. The molecule has 3 aromatic rings. The van der Waals surface area contributed by atoms with Crippen molar-refractivity contribution in [3.05, 3.63) is 85.0 Å². The van der Waals surface area contributed by atoms with E-state index in [1.807, 2.05) is 6.07 Å². The number of aliphatic hydroxyl groups is 1. The van der Waals surface area contributed by atoms with Crippen LogP contribution in [0.3, 0.4) is 0 Å². The highest BCUT2D eigenvalue weighted by atomic mass is 35.5. The standard InChI is InChI=1S/C21H14Cl3NO3S/c22-13-5-6-16-14(9-13)21(28,10-17(26)18-7-8-19(24)29-18)20(27)25(16)11-12-3-1-2-4-15(12)23/h1-9,28H,10-11H2. The minimum atomic E-state index is -2.02. The van der Waals surface area contributed by atoms with Crippen molar-refractivity contribution < 1.29 is 14.7 Å². The summed E-state index contributed by atoms with van der Waals surface area (Å²) in [6.45, 7) is 0.161. The normalized spacial score (nSPS) is 18.2. The van der Waals surface area contributed by atoms with E-state index >= 15 is 0 Å². The molecule has 4 rings (SSSR count). The number of ketones is 1. The van der Waals surface area contributed by atoms with Gasteiger partial charge in [-0.1, -0.05) is 53.0 Å². The Hall–Kier alpha value is -1.89. The fourth-order valence-corrected chi connectivity index (χ4v) is 4.78. The summed E-state index contributed by atoms with van der Waals surface area (Å²) in [5.74, 6) is -0.964. The Kier molecular flexibility index (Phi) is 5.44. The molecule has 1 aromatic heterocycles. The number of nitrogens with zero attached hydrogens (tertiary/aromatic N) is 1. The molecule has 0 fully saturated rings. The van der Waals surface area contributed by atoms with E-state index in [-0.39, 0.29) is 12.3 Å². The first-order chi connectivity index (χ1) is 13.8. The first kappa shape index (κ1) is 20.4. The number of fused-ring (bicyclic) bond motifs is 1. The van der Waals surface area contributed by atoms with Gasteiger partial charge in [-0.15, -0.1) is 11.3 Å². The predicted octanol–water partition coefficient (Wildman–Crippen LogP) is 5.72. The van der Waals surface area contributed by atoms with Gasteiger partial charge in [0.15, 0.2) is 11.4 Å². The fourth-order valence-electron chi connectivity index (χ4n) is 3.43. The SMILES string of the molecule is O=C(CC1(O)C(=O)N(Cc2ccccc2Cl)c2ccc(Cl)cc21)c1ccc(Cl)s1. The number of carbonyl (C=O) groups is 2. The number of carbonyl (C=O) groups excluding carboxylic acids is 2. The van der Waals surface area contributed by atoms with Gasteiger partial charge in [-0.05, 0) is 42.0 Å². The van der Waals surface area contributed by atoms with Crippen LogP contribution in [0.4, 0.5) is 5.69 Å². The molecule has 29 heavy (non-hydrogen) atoms. The summed E-state index contributed by atoms with van der Waals surface area (Å²) in [7, 11) is 0. The summed E-state index contributed by atoms with van der Waals surface area (Å²) in [6.07, 6.45) is -0.408. The number of benzene rings is 2. The molecule has 2 aromatic carbocycles. The molecular formula is C21H14Cl3NO3S. The zero-order chi connectivity index (χ0) is 20.8. The maximum Gasteiger partial charge on any atom is 0.264 e. The average Bonchev–Trinajstić information content (AvgIpc) is 3.20. The summed E-state index contributed by atoms with van der Waals surface area (Å²) in [5, 5.41) is 12.2. The Morgan fingerprint density at radius 2 is 1.83 bits per heavy atom. The molecule has 1 atom stereocenters. The second kappa shape index (κ2) is 7.74. The summed E-state index contributed by atoms with van der Waals surface area (Å²) >= 11 is 19.4. The molecule has 1 aliphatic rings. The van der Waals surface area contributed by atoms with Gasteiger partial charge in [0.1, 0.15) is 0 Å². The van der Waals surface area contributed by atoms with Gasteiger partial charge in [-0.2, -0.15) is 0 Å². The number of anilines is 1. The minimum Gasteiger partial charge on any atom is -0.375 e. The van der Waals surface area contributed by atoms with Gasteiger partial charge in [-0.3, -0.25) is 9.59 Å². The van der Waals surface area contributed by atoms with Crippen LogP contribution in [0.25, 0.3) is 0 Å². The van der Waals surface area contributed by atoms with Crippen molar-refractivity contribution in [1.29, 1.82) is 0 Å². The van der Waals surface area contributed by atoms with Crippen molar-refractivity contribution in [3.8, 4) is 0 Å². The third kappa shape index (κ3) is 3.69. The maximum absolute atomic E-state index is 13.3. The van der Waals surface area contributed by atoms with E-state index in [1.54, 1.807) is 42.5 Å². The predicted molar refractivity (Wildman–Crippen MR) is 116 cm³/mol. The summed E-state index contributed by atoms with van der Waals surface area (Å²) in [4.78, 5) is 27.9. The number of thiophene rings is 1. The van der Waals surface area contributed by atoms with Gasteiger partial charge in [0, 0.05) is 15.6 Å². The molecule has 1 amide bonds. The summed E-state index contributed by atoms with van der Waals surface area (Å²) in [5.41, 5.74) is -0.490. The molecule has 0 spiro atoms. The Morgan fingerprint density at radius 3 is 2.52 bits per heavy atom. The Balaban J connectivity index is 1.73. The van der Waals surface area contributed by atoms with E-state index in [2.05, 4.69) is 0 Å². The maximum atomic E-state index is 13.3. The molecule has 0 saturated heterocycles. The molecule has 1 N–H and O–H groups in total. The highest BCUT2D eigenvalue weighted by Crippen LogP contribution is 2.45. The largest absolute Gasteiger partial charge is 0.375 e. The van der Waals surface area contributed by atoms with Crippen molar-refractivity contribution in [2.75, 3.05) is 4.90 Å². The van der Waals surface area contributed by atoms with E-state index in [0.717, 1.165) is 16.9 Å². The number of rotatable bonds is 5. The topological polar surface area (TPSA) is 57.6 Å². The van der Waals surface area contributed by atoms with Crippen molar-refractivity contribution in [2.45, 2.75) is 18.6 Å². The van der Waals surface area contributed by atoms with Crippen molar-refractivity contribution >= 4 is 63.5 Å². The van der Waals surface area contributed by atoms with Crippen LogP contribution >= 0.6 is 46.1 Å². The quantitative estimate of drug-likeness (QED) is 0.490. The first-order valence-electron chi connectivity index (χ1n) is 8.66. The van der Waals surface area contributed by atoms with Crippen LogP contribution in [0.5, 0.6) is 0 Å². The number of amides is 1. The Labute approximate surface area is 186 Å². The summed E-state index contributed by atoms with van der Waals surface area (Å²) in [6, 6.07) is 15.2. The molecule has 8 heteroatoms. The smallest absolute Gasteiger partial charge is 0.264 e. The first-order valence-corrected chi connectivity index (χ1v) is 10.6. The van der Waals surface area contributed by atoms with E-state index in [0.29, 0.717) is 30.5 Å². The molecule has 0 bridgehead atoms. The molecule has 1 unspecified atom stereocenters. The zero-order valence-corrected chi connectivity index (χ0v) is 17.9. The van der Waals surface area contributed by atoms with Crippen LogP contribution in [0.2, 0.25) is 14.4 Å². The van der Waals surface area contributed by atoms with Crippen molar-refractivity contribution in [2.24, 2.45) is 0 Å². The van der Waals surface area contributed by atoms with Gasteiger partial charge in [0.05, 0.1) is 27.9 Å². The van der Waals surface area contributed by atoms with Crippen molar-refractivity contribution in [1.82, 2.24) is 0 Å². The molecule has 2 heterocycles. The molecule has 1 aliphatic heterocycles. The highest BCUT2D eigenvalue weighted by molar-refractivity contribution is 7.18. The Morgan fingerprint density at radius 1 is 1.07 bits per heavy atom. The minimum absolute atomic E-state index is 0.161. The molecule has 0 radical (unpaired) electrons. The molecule has 0 saturated carbocycles. The van der Waals surface area contributed by atoms with E-state index in [1.165, 1.54) is 11.0 Å². The number of hydrogen-bond acceptors (Lipinski definition) is 4. The number of hydrogen-bond donors (Lipinski definition) is 1. The van der Waals surface area contributed by atoms with Crippen LogP contribution in [0.1, 0.15) is 27.2 Å². The lowest BCUT2D eigenvalue weighted by molar-refractivity contribution is -0.136. The highest BCUT2D eigenvalue weighted by Gasteiger charge is 2.51. The third-order valence-corrected chi connectivity index (χ3v) is 6.72. The second-order valence-corrected chi connectivity index (χ2v) is 9.27. The van der Waals surface area contributed by atoms with Crippen molar-refractivity contribution in [3.63, 3.8) is 0 Å². The van der Waals surface area contributed by atoms with Gasteiger partial charge < -0.3 is 10.0 Å². The zero-order valence-electron chi connectivity index (χ0n) is 14.9. The van der Waals surface area contributed by atoms with Crippen LogP contribution in [0, 0.1) is 0 Å². The Bertz CT molecular complexity index is 1130. The molecule has 4 nitrogen and oxygen atoms in total. The second-order valence-electron chi connectivity index (χ2n) is 6.71. The third-order valence-electron chi connectivity index (χ3n) is 4.84. The van der Waals surface area contributed by atoms with Gasteiger partial charge >= 0.3 is 0 Å². The molecular weight excluding hydrogens is 453 g/mol. The van der Waals surface area contributed by atoms with Crippen LogP contribution in [-0.4, -0.2) is 16.8 Å².